The molecule has 1 aromatic heterocycles. The number of phenols is 1. The molecule has 0 saturated heterocycles. The van der Waals surface area contributed by atoms with Gasteiger partial charge in [-0.25, -0.2) is 0 Å². The van der Waals surface area contributed by atoms with Crippen molar-refractivity contribution in [2.75, 3.05) is 26.0 Å². The van der Waals surface area contributed by atoms with E-state index in [0.717, 1.165) is 40.1 Å². The Labute approximate surface area is 171 Å². The van der Waals surface area contributed by atoms with Crippen LogP contribution in [0.3, 0.4) is 0 Å². The van der Waals surface area contributed by atoms with Crippen molar-refractivity contribution in [3.63, 3.8) is 0 Å². The molecule has 0 radical (unpaired) electrons. The number of anilines is 1. The number of phenolic OH excluding ortho intramolecular Hbond substituents is 1. The average Bonchev–Trinajstić information content (AvgIpc) is 2.96. The third-order valence-electron chi connectivity index (χ3n) is 4.83. The first kappa shape index (κ1) is 18.1. The Morgan fingerprint density at radius 1 is 1.38 bits per heavy atom. The summed E-state index contributed by atoms with van der Waals surface area (Å²) in [6.45, 7) is 1.97. The molecule has 0 saturated carbocycles. The number of benzene rings is 1. The standard InChI is InChI=1S/C17H17Br2N3O3S/c1-22-4-3-7-10(6-22)26-17-11(7)16(24)20-15(21-17)12-13(19)8(18)5-9(25-2)14(12)23/h5,15,21,23H,3-4,6H2,1-2H3,(H,20,24)/p+1/t15-/m1/s1. The van der Waals surface area contributed by atoms with Crippen molar-refractivity contribution in [3.05, 3.63) is 36.6 Å². The number of methoxy groups -OCH3 is 1. The molecule has 0 fully saturated rings. The number of nitrogens with one attached hydrogen (secondary N) is 3. The van der Waals surface area contributed by atoms with E-state index in [-0.39, 0.29) is 11.7 Å². The summed E-state index contributed by atoms with van der Waals surface area (Å²) in [6, 6.07) is 1.68. The van der Waals surface area contributed by atoms with Crippen LogP contribution in [-0.4, -0.2) is 31.7 Å². The zero-order valence-electron chi connectivity index (χ0n) is 14.2. The van der Waals surface area contributed by atoms with Gasteiger partial charge in [0.25, 0.3) is 5.91 Å². The third kappa shape index (κ3) is 2.81. The summed E-state index contributed by atoms with van der Waals surface area (Å²) in [5.74, 6) is 0.230. The molecule has 2 aromatic rings. The Balaban J connectivity index is 1.77. The van der Waals surface area contributed by atoms with E-state index < -0.39 is 6.17 Å². The summed E-state index contributed by atoms with van der Waals surface area (Å²) in [7, 11) is 3.66. The molecule has 0 aliphatic carbocycles. The number of carbonyl (C=O) groups is 1. The first-order valence-electron chi connectivity index (χ1n) is 8.18. The molecule has 2 aliphatic heterocycles. The highest BCUT2D eigenvalue weighted by molar-refractivity contribution is 9.13. The summed E-state index contributed by atoms with van der Waals surface area (Å²) < 4.78 is 6.65. The molecule has 6 nitrogen and oxygen atoms in total. The minimum Gasteiger partial charge on any atom is -0.504 e. The first-order chi connectivity index (χ1) is 12.4. The predicted octanol–water partition coefficient (Wildman–Crippen LogP) is 2.41. The van der Waals surface area contributed by atoms with Gasteiger partial charge in [-0.3, -0.25) is 4.79 Å². The van der Waals surface area contributed by atoms with Crippen LogP contribution >= 0.6 is 43.2 Å². The zero-order valence-corrected chi connectivity index (χ0v) is 18.2. The number of hydrogen-bond donors (Lipinski definition) is 4. The number of carbonyl (C=O) groups excluding carboxylic acids is 1. The second-order valence-corrected chi connectivity index (χ2v) is 9.28. The predicted molar refractivity (Wildman–Crippen MR) is 107 cm³/mol. The fraction of sp³-hybridized carbons (Fsp3) is 0.353. The fourth-order valence-electron chi connectivity index (χ4n) is 3.51. The van der Waals surface area contributed by atoms with Crippen LogP contribution < -0.4 is 20.3 Å². The van der Waals surface area contributed by atoms with Crippen molar-refractivity contribution in [1.82, 2.24) is 5.32 Å². The van der Waals surface area contributed by atoms with Crippen LogP contribution in [0.5, 0.6) is 11.5 Å². The normalized spacial score (nSPS) is 21.5. The van der Waals surface area contributed by atoms with Gasteiger partial charge in [-0.1, -0.05) is 0 Å². The highest BCUT2D eigenvalue weighted by Gasteiger charge is 2.36. The molecule has 138 valence electrons. The lowest BCUT2D eigenvalue weighted by Crippen LogP contribution is -3.08. The van der Waals surface area contributed by atoms with E-state index in [1.54, 1.807) is 17.4 Å². The number of thiophene rings is 1. The van der Waals surface area contributed by atoms with Gasteiger partial charge in [0.2, 0.25) is 0 Å². The highest BCUT2D eigenvalue weighted by atomic mass is 79.9. The minimum absolute atomic E-state index is 0.00526. The second-order valence-electron chi connectivity index (χ2n) is 6.53. The van der Waals surface area contributed by atoms with E-state index >= 15 is 0 Å². The Hall–Kier alpha value is -1.29. The molecule has 1 amide bonds. The number of hydrogen-bond acceptors (Lipinski definition) is 5. The van der Waals surface area contributed by atoms with Crippen LogP contribution in [-0.2, 0) is 13.0 Å². The number of likely N-dealkylation sites (N-methyl/N-ethyl adjacent to an activating group) is 1. The van der Waals surface area contributed by atoms with E-state index in [9.17, 15) is 9.90 Å². The van der Waals surface area contributed by atoms with E-state index in [1.807, 2.05) is 0 Å². The van der Waals surface area contributed by atoms with Crippen molar-refractivity contribution in [3.8, 4) is 11.5 Å². The lowest BCUT2D eigenvalue weighted by Gasteiger charge is -2.28. The van der Waals surface area contributed by atoms with Gasteiger partial charge in [0, 0.05) is 15.4 Å². The molecule has 0 spiro atoms. The number of quaternary nitrogens is 1. The van der Waals surface area contributed by atoms with Gasteiger partial charge in [-0.2, -0.15) is 0 Å². The maximum absolute atomic E-state index is 12.9. The maximum atomic E-state index is 12.9. The van der Waals surface area contributed by atoms with Gasteiger partial charge >= 0.3 is 0 Å². The fourth-order valence-corrected chi connectivity index (χ4v) is 5.85. The molecule has 3 heterocycles. The highest BCUT2D eigenvalue weighted by Crippen LogP contribution is 2.46. The summed E-state index contributed by atoms with van der Waals surface area (Å²) in [5, 5.41) is 17.8. The van der Waals surface area contributed by atoms with E-state index in [1.165, 1.54) is 16.9 Å². The SMILES string of the molecule is COc1cc(Br)c(Br)c([C@@H]2NC(=O)c3c(sc4c3CC[NH+](C)C4)N2)c1O. The molecule has 2 aliphatic rings. The molecular formula is C17H18Br2N3O3S+. The van der Waals surface area contributed by atoms with Crippen molar-refractivity contribution in [2.24, 2.45) is 0 Å². The van der Waals surface area contributed by atoms with E-state index in [2.05, 4.69) is 49.5 Å². The Bertz CT molecular complexity index is 915. The second kappa shape index (κ2) is 6.70. The quantitative estimate of drug-likeness (QED) is 0.507. The van der Waals surface area contributed by atoms with E-state index in [4.69, 9.17) is 4.74 Å². The average molecular weight is 504 g/mol. The number of fused-ring (bicyclic) bond motifs is 3. The third-order valence-corrected chi connectivity index (χ3v) is 8.01. The van der Waals surface area contributed by atoms with Crippen molar-refractivity contribution >= 4 is 54.1 Å². The number of aromatic hydroxyl groups is 1. The van der Waals surface area contributed by atoms with Gasteiger partial charge in [-0.05, 0) is 43.5 Å². The number of ether oxygens (including phenoxy) is 1. The summed E-state index contributed by atoms with van der Waals surface area (Å²) in [6.07, 6.45) is 0.354. The summed E-state index contributed by atoms with van der Waals surface area (Å²) in [4.78, 5) is 15.6. The van der Waals surface area contributed by atoms with Gasteiger partial charge in [0.15, 0.2) is 11.5 Å². The molecule has 0 bridgehead atoms. The number of rotatable bonds is 2. The lowest BCUT2D eigenvalue weighted by atomic mass is 10.0. The van der Waals surface area contributed by atoms with Crippen LogP contribution in [0.25, 0.3) is 0 Å². The maximum Gasteiger partial charge on any atom is 0.256 e. The molecular weight excluding hydrogens is 486 g/mol. The molecule has 1 unspecified atom stereocenters. The molecule has 26 heavy (non-hydrogen) atoms. The monoisotopic (exact) mass is 502 g/mol. The molecule has 2 atom stereocenters. The summed E-state index contributed by atoms with van der Waals surface area (Å²) >= 11 is 8.60. The zero-order chi connectivity index (χ0) is 18.6. The molecule has 4 rings (SSSR count). The Kier molecular flexibility index (Phi) is 4.66. The number of amides is 1. The van der Waals surface area contributed by atoms with Crippen LogP contribution in [0.4, 0.5) is 5.00 Å². The summed E-state index contributed by atoms with van der Waals surface area (Å²) in [5.41, 5.74) is 2.45. The largest absolute Gasteiger partial charge is 0.504 e. The molecule has 4 N–H and O–H groups in total. The van der Waals surface area contributed by atoms with E-state index in [0.29, 0.717) is 15.8 Å². The molecule has 1 aromatic carbocycles. The number of halogens is 2. The lowest BCUT2D eigenvalue weighted by molar-refractivity contribution is -0.895. The first-order valence-corrected chi connectivity index (χ1v) is 10.6. The van der Waals surface area contributed by atoms with Gasteiger partial charge in [-0.15, -0.1) is 11.3 Å². The minimum atomic E-state index is -0.555. The Morgan fingerprint density at radius 2 is 2.15 bits per heavy atom. The van der Waals surface area contributed by atoms with Gasteiger partial charge in [0.1, 0.15) is 17.7 Å². The topological polar surface area (TPSA) is 75.0 Å². The van der Waals surface area contributed by atoms with Crippen LogP contribution in [0, 0.1) is 0 Å². The van der Waals surface area contributed by atoms with Gasteiger partial charge < -0.3 is 25.4 Å². The van der Waals surface area contributed by atoms with Crippen LogP contribution in [0.15, 0.2) is 15.0 Å². The smallest absolute Gasteiger partial charge is 0.256 e. The van der Waals surface area contributed by atoms with Crippen LogP contribution in [0.2, 0.25) is 0 Å². The van der Waals surface area contributed by atoms with Crippen molar-refractivity contribution in [1.29, 1.82) is 0 Å². The Morgan fingerprint density at radius 3 is 2.88 bits per heavy atom. The van der Waals surface area contributed by atoms with Gasteiger partial charge in [0.05, 0.1) is 36.7 Å². The van der Waals surface area contributed by atoms with Crippen molar-refractivity contribution < 1.29 is 19.5 Å². The van der Waals surface area contributed by atoms with Crippen molar-refractivity contribution in [2.45, 2.75) is 19.1 Å². The van der Waals surface area contributed by atoms with Crippen LogP contribution in [0.1, 0.15) is 32.5 Å². The molecule has 9 heteroatoms.